The zero-order chi connectivity index (χ0) is 15.2. The second-order valence-electron chi connectivity index (χ2n) is 5.38. The van der Waals surface area contributed by atoms with Gasteiger partial charge in [-0.1, -0.05) is 42.4 Å². The number of rotatable bonds is 7. The standard InChI is InChI=1S/C16H24N4S/c1-5-8-17-15(10-21-16-18-13(4)19-20-16)14-7-6-11(2)9-12(14)3/h6-7,9,15,17H,5,8,10H2,1-4H3,(H,18,19,20). The minimum absolute atomic E-state index is 0.328. The number of H-pyrrole nitrogens is 1. The molecule has 0 saturated carbocycles. The minimum atomic E-state index is 0.328. The van der Waals surface area contributed by atoms with E-state index in [4.69, 9.17) is 0 Å². The van der Waals surface area contributed by atoms with Crippen LogP contribution in [0.2, 0.25) is 0 Å². The van der Waals surface area contributed by atoms with Gasteiger partial charge in [-0.3, -0.25) is 5.10 Å². The maximum absolute atomic E-state index is 4.36. The number of hydrogen-bond donors (Lipinski definition) is 2. The molecule has 0 aliphatic carbocycles. The lowest BCUT2D eigenvalue weighted by molar-refractivity contribution is 0.574. The van der Waals surface area contributed by atoms with Crippen LogP contribution >= 0.6 is 11.8 Å². The fourth-order valence-corrected chi connectivity index (χ4v) is 3.26. The Balaban J connectivity index is 2.09. The first-order chi connectivity index (χ1) is 10.1. The molecule has 0 bridgehead atoms. The van der Waals surface area contributed by atoms with E-state index in [9.17, 15) is 0 Å². The summed E-state index contributed by atoms with van der Waals surface area (Å²) in [5.41, 5.74) is 4.02. The molecule has 0 fully saturated rings. The van der Waals surface area contributed by atoms with Crippen molar-refractivity contribution in [3.8, 4) is 0 Å². The minimum Gasteiger partial charge on any atom is -0.309 e. The van der Waals surface area contributed by atoms with Crippen LogP contribution in [-0.4, -0.2) is 27.5 Å². The van der Waals surface area contributed by atoms with Crippen molar-refractivity contribution < 1.29 is 0 Å². The first-order valence-corrected chi connectivity index (χ1v) is 8.41. The van der Waals surface area contributed by atoms with E-state index in [1.54, 1.807) is 11.8 Å². The molecule has 1 aromatic carbocycles. The highest BCUT2D eigenvalue weighted by Gasteiger charge is 2.15. The molecule has 0 spiro atoms. The van der Waals surface area contributed by atoms with Crippen molar-refractivity contribution in [3.05, 3.63) is 40.7 Å². The molecule has 114 valence electrons. The number of thioether (sulfide) groups is 1. The quantitative estimate of drug-likeness (QED) is 0.768. The highest BCUT2D eigenvalue weighted by molar-refractivity contribution is 7.99. The van der Waals surface area contributed by atoms with Gasteiger partial charge in [-0.2, -0.15) is 0 Å². The fourth-order valence-electron chi connectivity index (χ4n) is 2.34. The first-order valence-electron chi connectivity index (χ1n) is 7.42. The lowest BCUT2D eigenvalue weighted by atomic mass is 10.00. The van der Waals surface area contributed by atoms with Crippen LogP contribution in [0.5, 0.6) is 0 Å². The van der Waals surface area contributed by atoms with Crippen molar-refractivity contribution >= 4 is 11.8 Å². The van der Waals surface area contributed by atoms with Gasteiger partial charge in [0.25, 0.3) is 0 Å². The van der Waals surface area contributed by atoms with Crippen LogP contribution in [0.15, 0.2) is 23.4 Å². The van der Waals surface area contributed by atoms with E-state index in [2.05, 4.69) is 59.5 Å². The largest absolute Gasteiger partial charge is 0.309 e. The number of benzene rings is 1. The van der Waals surface area contributed by atoms with Crippen molar-refractivity contribution in [1.82, 2.24) is 20.5 Å². The highest BCUT2D eigenvalue weighted by Crippen LogP contribution is 2.25. The smallest absolute Gasteiger partial charge is 0.208 e. The fraction of sp³-hybridized carbons (Fsp3) is 0.500. The molecule has 0 radical (unpaired) electrons. The first kappa shape index (κ1) is 16.0. The number of nitrogens with one attached hydrogen (secondary N) is 2. The Labute approximate surface area is 131 Å². The lowest BCUT2D eigenvalue weighted by Crippen LogP contribution is -2.25. The van der Waals surface area contributed by atoms with Gasteiger partial charge < -0.3 is 5.32 Å². The molecule has 1 heterocycles. The zero-order valence-electron chi connectivity index (χ0n) is 13.2. The Bertz CT molecular complexity index is 579. The molecule has 2 N–H and O–H groups in total. The van der Waals surface area contributed by atoms with E-state index in [0.717, 1.165) is 29.7 Å². The number of hydrogen-bond acceptors (Lipinski definition) is 4. The van der Waals surface area contributed by atoms with Gasteiger partial charge in [0.1, 0.15) is 5.82 Å². The summed E-state index contributed by atoms with van der Waals surface area (Å²) in [6.07, 6.45) is 1.13. The normalized spacial score (nSPS) is 12.6. The highest BCUT2D eigenvalue weighted by atomic mass is 32.2. The molecule has 0 aliphatic rings. The molecule has 4 nitrogen and oxygen atoms in total. The number of aromatic amines is 1. The van der Waals surface area contributed by atoms with Crippen LogP contribution in [0.3, 0.4) is 0 Å². The van der Waals surface area contributed by atoms with Crippen molar-refractivity contribution in [1.29, 1.82) is 0 Å². The third-order valence-corrected chi connectivity index (χ3v) is 4.34. The summed E-state index contributed by atoms with van der Waals surface area (Å²) in [5, 5.41) is 11.5. The summed E-state index contributed by atoms with van der Waals surface area (Å²) in [6, 6.07) is 7.00. The van der Waals surface area contributed by atoms with Crippen LogP contribution < -0.4 is 5.32 Å². The van der Waals surface area contributed by atoms with E-state index in [0.29, 0.717) is 6.04 Å². The maximum Gasteiger partial charge on any atom is 0.208 e. The van der Waals surface area contributed by atoms with Crippen LogP contribution in [-0.2, 0) is 0 Å². The molecule has 1 aromatic heterocycles. The monoisotopic (exact) mass is 304 g/mol. The van der Waals surface area contributed by atoms with Crippen LogP contribution in [0.25, 0.3) is 0 Å². The van der Waals surface area contributed by atoms with Crippen molar-refractivity contribution in [2.24, 2.45) is 0 Å². The molecule has 1 atom stereocenters. The summed E-state index contributed by atoms with van der Waals surface area (Å²) in [5.74, 6) is 1.79. The molecule has 1 unspecified atom stereocenters. The average Bonchev–Trinajstić information content (AvgIpc) is 2.86. The Hall–Kier alpha value is -1.33. The molecule has 5 heteroatoms. The third-order valence-electron chi connectivity index (χ3n) is 3.40. The maximum atomic E-state index is 4.36. The van der Waals surface area contributed by atoms with Gasteiger partial charge in [0.15, 0.2) is 0 Å². The van der Waals surface area contributed by atoms with Gasteiger partial charge in [-0.15, -0.1) is 5.10 Å². The molecule has 0 aliphatic heterocycles. The number of aromatic nitrogens is 3. The average molecular weight is 304 g/mol. The molecule has 2 rings (SSSR count). The third kappa shape index (κ3) is 4.58. The van der Waals surface area contributed by atoms with E-state index >= 15 is 0 Å². The summed E-state index contributed by atoms with van der Waals surface area (Å²) < 4.78 is 0. The van der Waals surface area contributed by atoms with E-state index in [1.807, 2.05) is 6.92 Å². The second-order valence-corrected chi connectivity index (χ2v) is 6.37. The molecule has 21 heavy (non-hydrogen) atoms. The van der Waals surface area contributed by atoms with Crippen molar-refractivity contribution in [2.45, 2.75) is 45.3 Å². The Morgan fingerprint density at radius 1 is 1.29 bits per heavy atom. The van der Waals surface area contributed by atoms with E-state index in [-0.39, 0.29) is 0 Å². The van der Waals surface area contributed by atoms with Gasteiger partial charge in [0, 0.05) is 11.8 Å². The molecule has 0 amide bonds. The van der Waals surface area contributed by atoms with Crippen LogP contribution in [0, 0.1) is 20.8 Å². The predicted octanol–water partition coefficient (Wildman–Crippen LogP) is 3.56. The summed E-state index contributed by atoms with van der Waals surface area (Å²) in [4.78, 5) is 4.36. The summed E-state index contributed by atoms with van der Waals surface area (Å²) in [6.45, 7) is 9.46. The van der Waals surface area contributed by atoms with E-state index in [1.165, 1.54) is 16.7 Å². The van der Waals surface area contributed by atoms with E-state index < -0.39 is 0 Å². The van der Waals surface area contributed by atoms with Gasteiger partial charge in [-0.05, 0) is 44.9 Å². The summed E-state index contributed by atoms with van der Waals surface area (Å²) in [7, 11) is 0. The SMILES string of the molecule is CCCNC(CSc1n[nH]c(C)n1)c1ccc(C)cc1C. The molecular formula is C16H24N4S. The van der Waals surface area contributed by atoms with Gasteiger partial charge >= 0.3 is 0 Å². The molecule has 2 aromatic rings. The van der Waals surface area contributed by atoms with Crippen LogP contribution in [0.4, 0.5) is 0 Å². The number of aryl methyl sites for hydroxylation is 3. The molecule has 0 saturated heterocycles. The topological polar surface area (TPSA) is 53.6 Å². The second kappa shape index (κ2) is 7.61. The van der Waals surface area contributed by atoms with Gasteiger partial charge in [-0.25, -0.2) is 4.98 Å². The Kier molecular flexibility index (Phi) is 5.82. The number of nitrogens with zero attached hydrogens (tertiary/aromatic N) is 2. The van der Waals surface area contributed by atoms with Gasteiger partial charge in [0.05, 0.1) is 0 Å². The van der Waals surface area contributed by atoms with Crippen LogP contribution in [0.1, 0.15) is 41.9 Å². The Morgan fingerprint density at radius 3 is 2.71 bits per heavy atom. The van der Waals surface area contributed by atoms with Crippen molar-refractivity contribution in [2.75, 3.05) is 12.3 Å². The van der Waals surface area contributed by atoms with Gasteiger partial charge in [0.2, 0.25) is 5.16 Å². The zero-order valence-corrected chi connectivity index (χ0v) is 14.0. The summed E-state index contributed by atoms with van der Waals surface area (Å²) >= 11 is 1.69. The van der Waals surface area contributed by atoms with Crippen molar-refractivity contribution in [3.63, 3.8) is 0 Å². The Morgan fingerprint density at radius 2 is 2.10 bits per heavy atom. The molecular weight excluding hydrogens is 280 g/mol. The predicted molar refractivity (Wildman–Crippen MR) is 88.8 cm³/mol. The lowest BCUT2D eigenvalue weighted by Gasteiger charge is -2.20.